The summed E-state index contributed by atoms with van der Waals surface area (Å²) in [6, 6.07) is 0.618. The van der Waals surface area contributed by atoms with E-state index in [1.165, 1.54) is 24.2 Å². The van der Waals surface area contributed by atoms with Crippen molar-refractivity contribution in [3.63, 3.8) is 0 Å². The fourth-order valence-electron chi connectivity index (χ4n) is 2.10. The standard InChI is InChI=1S/C12H21N3S/c1-4-10-9-16-12(13-10)15-7-5-6-11(8-15)14(2)3/h9,11H,4-8H2,1-3H3/t11-/m0/s1/i9D. The second-order valence-corrected chi connectivity index (χ2v) is 5.38. The number of aryl methyl sites for hydroxylation is 1. The molecule has 0 unspecified atom stereocenters. The lowest BCUT2D eigenvalue weighted by atomic mass is 10.1. The van der Waals surface area contributed by atoms with Crippen LogP contribution >= 0.6 is 11.3 Å². The Morgan fingerprint density at radius 3 is 3.12 bits per heavy atom. The highest BCUT2D eigenvalue weighted by Gasteiger charge is 2.22. The molecule has 0 amide bonds. The molecule has 16 heavy (non-hydrogen) atoms. The van der Waals surface area contributed by atoms with Gasteiger partial charge in [-0.3, -0.25) is 0 Å². The molecule has 3 nitrogen and oxygen atoms in total. The van der Waals surface area contributed by atoms with Crippen LogP contribution in [0.5, 0.6) is 0 Å². The SMILES string of the molecule is [2H]c1sc(N2CCC[C@H](N(C)C)C2)nc1CC. The molecule has 0 bridgehead atoms. The van der Waals surface area contributed by atoms with Crippen molar-refractivity contribution in [3.8, 4) is 0 Å². The van der Waals surface area contributed by atoms with Crippen LogP contribution in [0.4, 0.5) is 5.13 Å². The van der Waals surface area contributed by atoms with Crippen molar-refractivity contribution in [2.24, 2.45) is 0 Å². The molecule has 0 saturated carbocycles. The fraction of sp³-hybridized carbons (Fsp3) is 0.750. The van der Waals surface area contributed by atoms with Crippen molar-refractivity contribution in [1.82, 2.24) is 9.88 Å². The fourth-order valence-corrected chi connectivity index (χ4v) is 2.95. The van der Waals surface area contributed by atoms with Crippen LogP contribution in [-0.4, -0.2) is 43.1 Å². The zero-order valence-electron chi connectivity index (χ0n) is 11.4. The topological polar surface area (TPSA) is 19.4 Å². The lowest BCUT2D eigenvalue weighted by Gasteiger charge is -2.35. The van der Waals surface area contributed by atoms with Crippen LogP contribution < -0.4 is 4.90 Å². The molecular weight excluding hydrogens is 218 g/mol. The Morgan fingerprint density at radius 1 is 1.69 bits per heavy atom. The Balaban J connectivity index is 2.10. The number of rotatable bonds is 3. The van der Waals surface area contributed by atoms with E-state index in [0.717, 1.165) is 30.3 Å². The van der Waals surface area contributed by atoms with E-state index in [4.69, 9.17) is 1.37 Å². The van der Waals surface area contributed by atoms with E-state index in [-0.39, 0.29) is 0 Å². The summed E-state index contributed by atoms with van der Waals surface area (Å²) >= 11 is 1.52. The maximum absolute atomic E-state index is 7.86. The number of likely N-dealkylation sites (N-methyl/N-ethyl adjacent to an activating group) is 1. The first-order chi connectivity index (χ1) is 8.11. The second-order valence-electron chi connectivity index (χ2n) is 4.60. The van der Waals surface area contributed by atoms with Gasteiger partial charge in [-0.15, -0.1) is 11.3 Å². The Kier molecular flexibility index (Phi) is 3.39. The Labute approximate surface area is 103 Å². The molecule has 90 valence electrons. The van der Waals surface area contributed by atoms with Crippen LogP contribution in [0.2, 0.25) is 0 Å². The number of anilines is 1. The van der Waals surface area contributed by atoms with Gasteiger partial charge in [0.25, 0.3) is 0 Å². The van der Waals surface area contributed by atoms with Crippen LogP contribution in [0.25, 0.3) is 0 Å². The van der Waals surface area contributed by atoms with E-state index in [1.54, 1.807) is 0 Å². The first-order valence-corrected chi connectivity index (χ1v) is 6.81. The van der Waals surface area contributed by atoms with Gasteiger partial charge in [-0.2, -0.15) is 0 Å². The summed E-state index contributed by atoms with van der Waals surface area (Å²) in [4.78, 5) is 9.22. The highest BCUT2D eigenvalue weighted by molar-refractivity contribution is 7.13. The predicted molar refractivity (Wildman–Crippen MR) is 70.4 cm³/mol. The van der Waals surface area contributed by atoms with Crippen LogP contribution in [-0.2, 0) is 6.42 Å². The minimum absolute atomic E-state index is 0.618. The molecule has 0 radical (unpaired) electrons. The minimum atomic E-state index is 0.618. The van der Waals surface area contributed by atoms with Gasteiger partial charge in [-0.05, 0) is 33.4 Å². The van der Waals surface area contributed by atoms with Gasteiger partial charge in [0.05, 0.1) is 7.06 Å². The zero-order valence-corrected chi connectivity index (χ0v) is 11.2. The van der Waals surface area contributed by atoms with E-state index in [9.17, 15) is 0 Å². The van der Waals surface area contributed by atoms with Gasteiger partial charge >= 0.3 is 0 Å². The number of piperidine rings is 1. The Bertz CT molecular complexity index is 378. The monoisotopic (exact) mass is 240 g/mol. The van der Waals surface area contributed by atoms with Crippen LogP contribution in [0, 0.1) is 0 Å². The lowest BCUT2D eigenvalue weighted by molar-refractivity contribution is 0.258. The van der Waals surface area contributed by atoms with Crippen molar-refractivity contribution in [2.45, 2.75) is 32.2 Å². The summed E-state index contributed by atoms with van der Waals surface area (Å²) in [5.41, 5.74) is 0.942. The highest BCUT2D eigenvalue weighted by atomic mass is 32.1. The summed E-state index contributed by atoms with van der Waals surface area (Å²) < 4.78 is 7.86. The molecule has 1 aromatic rings. The van der Waals surface area contributed by atoms with Gasteiger partial charge in [0.15, 0.2) is 5.13 Å². The molecular formula is C12H21N3S. The van der Waals surface area contributed by atoms with Gasteiger partial charge in [0.1, 0.15) is 0 Å². The summed E-state index contributed by atoms with van der Waals surface area (Å²) in [6.07, 6.45) is 3.35. The molecule has 1 aromatic heterocycles. The summed E-state index contributed by atoms with van der Waals surface area (Å²) in [7, 11) is 4.28. The van der Waals surface area contributed by atoms with Crippen molar-refractivity contribution in [2.75, 3.05) is 32.1 Å². The maximum atomic E-state index is 7.86. The number of hydrogen-bond acceptors (Lipinski definition) is 4. The van der Waals surface area contributed by atoms with Gasteiger partial charge in [-0.25, -0.2) is 4.98 Å². The second kappa shape index (κ2) is 5.15. The van der Waals surface area contributed by atoms with Gasteiger partial charge in [0.2, 0.25) is 0 Å². The maximum Gasteiger partial charge on any atom is 0.185 e. The van der Waals surface area contributed by atoms with Gasteiger partial charge in [-0.1, -0.05) is 6.92 Å². The molecule has 0 N–H and O–H groups in total. The summed E-state index contributed by atoms with van der Waals surface area (Å²) in [5.74, 6) is 0. The highest BCUT2D eigenvalue weighted by Crippen LogP contribution is 2.25. The lowest BCUT2D eigenvalue weighted by Crippen LogP contribution is -2.45. The third-order valence-corrected chi connectivity index (χ3v) is 4.09. The quantitative estimate of drug-likeness (QED) is 0.808. The average Bonchev–Trinajstić information content (AvgIpc) is 2.71. The van der Waals surface area contributed by atoms with E-state index >= 15 is 0 Å². The molecule has 0 spiro atoms. The number of aromatic nitrogens is 1. The molecule has 0 aliphatic carbocycles. The predicted octanol–water partition coefficient (Wildman–Crippen LogP) is 2.24. The van der Waals surface area contributed by atoms with E-state index < -0.39 is 0 Å². The molecule has 2 rings (SSSR count). The molecule has 1 aliphatic rings. The third kappa shape index (κ3) is 2.55. The summed E-state index contributed by atoms with van der Waals surface area (Å²) in [6.45, 7) is 4.19. The molecule has 4 heteroatoms. The van der Waals surface area contributed by atoms with Crippen molar-refractivity contribution in [1.29, 1.82) is 0 Å². The minimum Gasteiger partial charge on any atom is -0.347 e. The van der Waals surface area contributed by atoms with Crippen molar-refractivity contribution in [3.05, 3.63) is 11.1 Å². The molecule has 1 aliphatic heterocycles. The Hall–Kier alpha value is -0.610. The van der Waals surface area contributed by atoms with Crippen LogP contribution in [0.1, 0.15) is 26.8 Å². The average molecular weight is 240 g/mol. The van der Waals surface area contributed by atoms with Crippen molar-refractivity contribution < 1.29 is 1.37 Å². The van der Waals surface area contributed by atoms with E-state index in [0.29, 0.717) is 11.4 Å². The first kappa shape index (κ1) is 10.5. The van der Waals surface area contributed by atoms with Crippen molar-refractivity contribution >= 4 is 16.5 Å². The van der Waals surface area contributed by atoms with Gasteiger partial charge in [0, 0.05) is 24.5 Å². The zero-order chi connectivity index (χ0) is 12.4. The van der Waals surface area contributed by atoms with E-state index in [1.807, 2.05) is 0 Å². The normalized spacial score (nSPS) is 22.6. The number of nitrogens with zero attached hydrogens (tertiary/aromatic N) is 3. The number of hydrogen-bond donors (Lipinski definition) is 0. The molecule has 0 aromatic carbocycles. The molecule has 1 fully saturated rings. The van der Waals surface area contributed by atoms with Gasteiger partial charge < -0.3 is 9.80 Å². The smallest absolute Gasteiger partial charge is 0.185 e. The largest absolute Gasteiger partial charge is 0.347 e. The third-order valence-electron chi connectivity index (χ3n) is 3.22. The molecule has 2 heterocycles. The van der Waals surface area contributed by atoms with Crippen LogP contribution in [0.3, 0.4) is 0 Å². The molecule has 1 atom stereocenters. The number of thiazole rings is 1. The van der Waals surface area contributed by atoms with Crippen LogP contribution in [0.15, 0.2) is 5.36 Å². The molecule has 1 saturated heterocycles. The summed E-state index contributed by atoms with van der Waals surface area (Å²) in [5, 5.41) is 1.67. The van der Waals surface area contributed by atoms with E-state index in [2.05, 4.69) is 35.8 Å². The Morgan fingerprint density at radius 2 is 2.50 bits per heavy atom. The first-order valence-electron chi connectivity index (χ1n) is 6.49.